The largest absolute Gasteiger partial charge is 0.481 e. The van der Waals surface area contributed by atoms with Gasteiger partial charge in [0.2, 0.25) is 10.0 Å². The molecule has 0 saturated carbocycles. The topological polar surface area (TPSA) is 66.9 Å². The van der Waals surface area contributed by atoms with Crippen LogP contribution in [0.3, 0.4) is 0 Å². The number of carbonyl (C=O) groups excluding carboxylic acids is 1. The Morgan fingerprint density at radius 1 is 0.967 bits per heavy atom. The SMILES string of the molecule is C[C@H](Oc1ccccc1)C(=O)N1CCN(S(=O)(=O)c2ccc(C(F)(F)F)cc2)CC1. The molecule has 0 spiro atoms. The number of nitrogens with zero attached hydrogens (tertiary/aromatic N) is 2. The van der Waals surface area contributed by atoms with Crippen LogP contribution in [0.2, 0.25) is 0 Å². The van der Waals surface area contributed by atoms with Crippen LogP contribution in [0, 0.1) is 0 Å². The first-order valence-corrected chi connectivity index (χ1v) is 10.7. The van der Waals surface area contributed by atoms with Crippen molar-refractivity contribution < 1.29 is 31.1 Å². The van der Waals surface area contributed by atoms with E-state index in [2.05, 4.69) is 0 Å². The lowest BCUT2D eigenvalue weighted by molar-refractivity contribution is -0.139. The summed E-state index contributed by atoms with van der Waals surface area (Å²) in [5, 5.41) is 0. The van der Waals surface area contributed by atoms with Crippen LogP contribution in [0.15, 0.2) is 59.5 Å². The Morgan fingerprint density at radius 3 is 2.07 bits per heavy atom. The minimum atomic E-state index is -4.53. The van der Waals surface area contributed by atoms with Gasteiger partial charge in [0, 0.05) is 26.2 Å². The van der Waals surface area contributed by atoms with Crippen LogP contribution >= 0.6 is 0 Å². The van der Waals surface area contributed by atoms with E-state index in [1.54, 1.807) is 31.2 Å². The van der Waals surface area contributed by atoms with Crippen molar-refractivity contribution in [3.63, 3.8) is 0 Å². The maximum Gasteiger partial charge on any atom is 0.416 e. The first-order chi connectivity index (χ1) is 14.1. The molecule has 1 aliphatic rings. The normalized spacial score (nSPS) is 16.9. The third kappa shape index (κ3) is 4.93. The quantitative estimate of drug-likeness (QED) is 0.714. The van der Waals surface area contributed by atoms with E-state index in [0.29, 0.717) is 5.75 Å². The van der Waals surface area contributed by atoms with Gasteiger partial charge in [0.25, 0.3) is 5.91 Å². The van der Waals surface area contributed by atoms with Gasteiger partial charge in [0.15, 0.2) is 6.10 Å². The lowest BCUT2D eigenvalue weighted by Crippen LogP contribution is -2.53. The number of rotatable bonds is 5. The zero-order valence-corrected chi connectivity index (χ0v) is 17.0. The van der Waals surface area contributed by atoms with Crippen molar-refractivity contribution in [3.8, 4) is 5.75 Å². The van der Waals surface area contributed by atoms with Crippen molar-refractivity contribution in [1.82, 2.24) is 9.21 Å². The first-order valence-electron chi connectivity index (χ1n) is 9.27. The molecule has 1 saturated heterocycles. The molecule has 6 nitrogen and oxygen atoms in total. The molecular weight excluding hydrogens is 421 g/mol. The number of alkyl halides is 3. The Balaban J connectivity index is 1.60. The zero-order chi connectivity index (χ0) is 21.9. The van der Waals surface area contributed by atoms with Crippen molar-refractivity contribution in [2.45, 2.75) is 24.1 Å². The molecule has 3 rings (SSSR count). The van der Waals surface area contributed by atoms with Crippen molar-refractivity contribution in [3.05, 3.63) is 60.2 Å². The van der Waals surface area contributed by atoms with Gasteiger partial charge in [-0.3, -0.25) is 4.79 Å². The number of hydrogen-bond donors (Lipinski definition) is 0. The van der Waals surface area contributed by atoms with Crippen molar-refractivity contribution in [2.24, 2.45) is 0 Å². The van der Waals surface area contributed by atoms with E-state index in [1.807, 2.05) is 6.07 Å². The van der Waals surface area contributed by atoms with Gasteiger partial charge in [0.1, 0.15) is 5.75 Å². The number of piperazine rings is 1. The van der Waals surface area contributed by atoms with E-state index in [9.17, 15) is 26.4 Å². The molecule has 0 N–H and O–H groups in total. The second-order valence-corrected chi connectivity index (χ2v) is 8.76. The monoisotopic (exact) mass is 442 g/mol. The van der Waals surface area contributed by atoms with E-state index < -0.39 is 27.9 Å². The molecule has 2 aromatic rings. The third-order valence-corrected chi connectivity index (χ3v) is 6.69. The third-order valence-electron chi connectivity index (χ3n) is 4.77. The maximum atomic E-state index is 12.7. The molecule has 0 bridgehead atoms. The summed E-state index contributed by atoms with van der Waals surface area (Å²) in [6.07, 6.45) is -5.27. The summed E-state index contributed by atoms with van der Waals surface area (Å²) < 4.78 is 70.3. The highest BCUT2D eigenvalue weighted by molar-refractivity contribution is 7.89. The van der Waals surface area contributed by atoms with E-state index in [1.165, 1.54) is 9.21 Å². The van der Waals surface area contributed by atoms with Crippen LogP contribution in [0.5, 0.6) is 5.75 Å². The van der Waals surface area contributed by atoms with Gasteiger partial charge < -0.3 is 9.64 Å². The predicted molar refractivity (Wildman–Crippen MR) is 103 cm³/mol. The Hall–Kier alpha value is -2.59. The van der Waals surface area contributed by atoms with Crippen LogP contribution in [-0.2, 0) is 21.0 Å². The fourth-order valence-corrected chi connectivity index (χ4v) is 4.55. The number of hydrogen-bond acceptors (Lipinski definition) is 4. The summed E-state index contributed by atoms with van der Waals surface area (Å²) in [7, 11) is -3.95. The fraction of sp³-hybridized carbons (Fsp3) is 0.350. The number of amides is 1. The van der Waals surface area contributed by atoms with Crippen LogP contribution in [-0.4, -0.2) is 55.8 Å². The van der Waals surface area contributed by atoms with E-state index >= 15 is 0 Å². The Bertz CT molecular complexity index is 971. The zero-order valence-electron chi connectivity index (χ0n) is 16.2. The average molecular weight is 442 g/mol. The van der Waals surface area contributed by atoms with Gasteiger partial charge in [-0.05, 0) is 43.3 Å². The van der Waals surface area contributed by atoms with Gasteiger partial charge in [-0.1, -0.05) is 18.2 Å². The second-order valence-electron chi connectivity index (χ2n) is 6.82. The summed E-state index contributed by atoms with van der Waals surface area (Å²) in [6, 6.07) is 12.3. The molecule has 2 aromatic carbocycles. The van der Waals surface area contributed by atoms with Crippen LogP contribution in [0.4, 0.5) is 13.2 Å². The van der Waals surface area contributed by atoms with Crippen molar-refractivity contribution in [2.75, 3.05) is 26.2 Å². The minimum absolute atomic E-state index is 0.0488. The van der Waals surface area contributed by atoms with Gasteiger partial charge in [-0.15, -0.1) is 0 Å². The molecule has 0 unspecified atom stereocenters. The Labute approximate surface area is 172 Å². The first kappa shape index (κ1) is 22.1. The molecule has 30 heavy (non-hydrogen) atoms. The maximum absolute atomic E-state index is 12.7. The van der Waals surface area contributed by atoms with Crippen LogP contribution in [0.25, 0.3) is 0 Å². The summed E-state index contributed by atoms with van der Waals surface area (Å²) in [6.45, 7) is 2.06. The molecule has 1 amide bonds. The number of sulfonamides is 1. The summed E-state index contributed by atoms with van der Waals surface area (Å²) in [4.78, 5) is 13.9. The van der Waals surface area contributed by atoms with Gasteiger partial charge in [0.05, 0.1) is 10.5 Å². The fourth-order valence-electron chi connectivity index (χ4n) is 3.12. The summed E-state index contributed by atoms with van der Waals surface area (Å²) in [5.41, 5.74) is -0.913. The standard InChI is InChI=1S/C20H21F3N2O4S/c1-15(29-17-5-3-2-4-6-17)19(26)24-11-13-25(14-12-24)30(27,28)18-9-7-16(8-10-18)20(21,22)23/h2-10,15H,11-14H2,1H3/t15-/m0/s1. The molecule has 1 atom stereocenters. The van der Waals surface area contributed by atoms with Gasteiger partial charge in [-0.2, -0.15) is 17.5 Å². The van der Waals surface area contributed by atoms with Gasteiger partial charge >= 0.3 is 6.18 Å². The Morgan fingerprint density at radius 2 is 1.53 bits per heavy atom. The average Bonchev–Trinajstić information content (AvgIpc) is 2.73. The number of benzene rings is 2. The second kappa shape index (κ2) is 8.65. The van der Waals surface area contributed by atoms with Crippen LogP contribution < -0.4 is 4.74 Å². The van der Waals surface area contributed by atoms with E-state index in [-0.39, 0.29) is 37.0 Å². The molecule has 10 heteroatoms. The smallest absolute Gasteiger partial charge is 0.416 e. The summed E-state index contributed by atoms with van der Waals surface area (Å²) >= 11 is 0. The van der Waals surface area contributed by atoms with Crippen molar-refractivity contribution >= 4 is 15.9 Å². The molecule has 162 valence electrons. The Kier molecular flexibility index (Phi) is 6.37. The van der Waals surface area contributed by atoms with E-state index in [0.717, 1.165) is 24.3 Å². The number of ether oxygens (including phenoxy) is 1. The van der Waals surface area contributed by atoms with E-state index in [4.69, 9.17) is 4.74 Å². The molecular formula is C20H21F3N2O4S. The highest BCUT2D eigenvalue weighted by atomic mass is 32.2. The van der Waals surface area contributed by atoms with Crippen molar-refractivity contribution in [1.29, 1.82) is 0 Å². The minimum Gasteiger partial charge on any atom is -0.481 e. The molecule has 1 heterocycles. The van der Waals surface area contributed by atoms with Gasteiger partial charge in [-0.25, -0.2) is 8.42 Å². The van der Waals surface area contributed by atoms with Crippen LogP contribution in [0.1, 0.15) is 12.5 Å². The summed E-state index contributed by atoms with van der Waals surface area (Å²) in [5.74, 6) is 0.298. The molecule has 1 aliphatic heterocycles. The number of halogens is 3. The molecule has 0 aromatic heterocycles. The molecule has 0 aliphatic carbocycles. The highest BCUT2D eigenvalue weighted by Gasteiger charge is 2.34. The molecule has 0 radical (unpaired) electrons. The lowest BCUT2D eigenvalue weighted by atomic mass is 10.2. The molecule has 1 fully saturated rings. The number of para-hydroxylation sites is 1. The number of carbonyl (C=O) groups is 1. The predicted octanol–water partition coefficient (Wildman–Crippen LogP) is 3.01. The highest BCUT2D eigenvalue weighted by Crippen LogP contribution is 2.30. The lowest BCUT2D eigenvalue weighted by Gasteiger charge is -2.35.